The number of hydrogen-bond acceptors (Lipinski definition) is 5. The lowest BCUT2D eigenvalue weighted by atomic mass is 9.94. The van der Waals surface area contributed by atoms with Gasteiger partial charge in [-0.15, -0.1) is 0 Å². The van der Waals surface area contributed by atoms with Gasteiger partial charge in [-0.25, -0.2) is 9.78 Å². The van der Waals surface area contributed by atoms with E-state index >= 15 is 0 Å². The standard InChI is InChI=1S/C22H24N4O3/c1-15(27)24-11-19-13-26(21(28)29-19)18-7-5-16(6-8-18)22-10-17(22)12-25(14-22)20-4-2-3-9-23-20/h2-9,17,19H,10-14H2,1H3,(H,24,27)/t17?,19-,22?/m0/s1. The van der Waals surface area contributed by atoms with E-state index in [0.717, 1.165) is 24.6 Å². The predicted molar refractivity (Wildman–Crippen MR) is 109 cm³/mol. The maximum Gasteiger partial charge on any atom is 0.414 e. The molecule has 1 aliphatic carbocycles. The number of rotatable bonds is 5. The fraction of sp³-hybridized carbons (Fsp3) is 0.409. The second kappa shape index (κ2) is 6.76. The molecular weight excluding hydrogens is 368 g/mol. The van der Waals surface area contributed by atoms with Gasteiger partial charge < -0.3 is 15.0 Å². The van der Waals surface area contributed by atoms with Crippen LogP contribution in [0.4, 0.5) is 16.3 Å². The molecule has 0 bridgehead atoms. The largest absolute Gasteiger partial charge is 0.442 e. The Bertz CT molecular complexity index is 933. The van der Waals surface area contributed by atoms with E-state index in [-0.39, 0.29) is 23.5 Å². The number of carbonyl (C=O) groups excluding carboxylic acids is 2. The van der Waals surface area contributed by atoms with Gasteiger partial charge in [-0.2, -0.15) is 0 Å². The average Bonchev–Trinajstić information content (AvgIpc) is 3.10. The summed E-state index contributed by atoms with van der Waals surface area (Å²) in [4.78, 5) is 31.8. The van der Waals surface area contributed by atoms with Gasteiger partial charge >= 0.3 is 6.09 Å². The monoisotopic (exact) mass is 392 g/mol. The third kappa shape index (κ3) is 3.20. The van der Waals surface area contributed by atoms with Crippen LogP contribution in [0.2, 0.25) is 0 Å². The number of aromatic nitrogens is 1. The number of hydrogen-bond donors (Lipinski definition) is 1. The lowest BCUT2D eigenvalue weighted by molar-refractivity contribution is -0.119. The van der Waals surface area contributed by atoms with Crippen LogP contribution in [0.15, 0.2) is 48.7 Å². The first-order chi connectivity index (χ1) is 14.0. The molecule has 2 unspecified atom stereocenters. The Morgan fingerprint density at radius 1 is 1.24 bits per heavy atom. The molecule has 150 valence electrons. The lowest BCUT2D eigenvalue weighted by Crippen LogP contribution is -2.33. The average molecular weight is 392 g/mol. The molecule has 1 N–H and O–H groups in total. The number of piperidine rings is 1. The van der Waals surface area contributed by atoms with E-state index in [1.54, 1.807) is 4.90 Å². The van der Waals surface area contributed by atoms with E-state index in [9.17, 15) is 9.59 Å². The molecule has 7 heteroatoms. The molecule has 2 amide bonds. The topological polar surface area (TPSA) is 74.8 Å². The Labute approximate surface area is 169 Å². The highest BCUT2D eigenvalue weighted by molar-refractivity contribution is 5.89. The van der Waals surface area contributed by atoms with Crippen molar-refractivity contribution in [1.29, 1.82) is 0 Å². The summed E-state index contributed by atoms with van der Waals surface area (Å²) in [6.45, 7) is 4.26. The van der Waals surface area contributed by atoms with Gasteiger partial charge in [-0.3, -0.25) is 9.69 Å². The van der Waals surface area contributed by atoms with Crippen LogP contribution in [0, 0.1) is 5.92 Å². The van der Waals surface area contributed by atoms with Gasteiger partial charge in [0.1, 0.15) is 11.9 Å². The SMILES string of the molecule is CC(=O)NC[C@H]1CN(c2ccc(C34CC3CN(c3ccccn3)C4)cc2)C(=O)O1. The van der Waals surface area contributed by atoms with Crippen molar-refractivity contribution < 1.29 is 14.3 Å². The smallest absolute Gasteiger partial charge is 0.414 e. The molecule has 2 aliphatic heterocycles. The molecule has 5 rings (SSSR count). The first-order valence-electron chi connectivity index (χ1n) is 10.0. The van der Waals surface area contributed by atoms with Crippen molar-refractivity contribution in [3.8, 4) is 0 Å². The van der Waals surface area contributed by atoms with Crippen molar-refractivity contribution in [3.63, 3.8) is 0 Å². The summed E-state index contributed by atoms with van der Waals surface area (Å²) in [7, 11) is 0. The maximum absolute atomic E-state index is 12.2. The molecule has 29 heavy (non-hydrogen) atoms. The van der Waals surface area contributed by atoms with Gasteiger partial charge in [0.25, 0.3) is 0 Å². The highest BCUT2D eigenvalue weighted by atomic mass is 16.6. The molecule has 2 aromatic rings. The van der Waals surface area contributed by atoms with Gasteiger partial charge in [0, 0.05) is 37.3 Å². The molecule has 3 atom stereocenters. The number of nitrogens with zero attached hydrogens (tertiary/aromatic N) is 3. The van der Waals surface area contributed by atoms with Gasteiger partial charge in [0.05, 0.1) is 13.1 Å². The van der Waals surface area contributed by atoms with Crippen LogP contribution in [0.5, 0.6) is 0 Å². The molecule has 0 radical (unpaired) electrons. The third-order valence-corrected chi connectivity index (χ3v) is 6.33. The molecule has 2 saturated heterocycles. The summed E-state index contributed by atoms with van der Waals surface area (Å²) >= 11 is 0. The zero-order chi connectivity index (χ0) is 20.0. The summed E-state index contributed by atoms with van der Waals surface area (Å²) in [5.74, 6) is 1.58. The number of anilines is 2. The Balaban J connectivity index is 1.27. The minimum Gasteiger partial charge on any atom is -0.442 e. The lowest BCUT2D eigenvalue weighted by Gasteiger charge is -2.22. The first kappa shape index (κ1) is 18.0. The highest BCUT2D eigenvalue weighted by Gasteiger charge is 2.61. The van der Waals surface area contributed by atoms with E-state index in [1.807, 2.05) is 30.5 Å². The maximum atomic E-state index is 12.2. The fourth-order valence-corrected chi connectivity index (χ4v) is 4.71. The van der Waals surface area contributed by atoms with E-state index in [1.165, 1.54) is 18.9 Å². The Hall–Kier alpha value is -3.09. The number of benzene rings is 1. The number of nitrogens with one attached hydrogen (secondary N) is 1. The number of fused-ring (bicyclic) bond motifs is 1. The minimum atomic E-state index is -0.363. The van der Waals surface area contributed by atoms with Crippen LogP contribution in [-0.4, -0.2) is 49.3 Å². The van der Waals surface area contributed by atoms with Crippen LogP contribution >= 0.6 is 0 Å². The summed E-state index contributed by atoms with van der Waals surface area (Å²) in [6.07, 6.45) is 2.37. The van der Waals surface area contributed by atoms with Crippen LogP contribution in [0.3, 0.4) is 0 Å². The second-order valence-corrected chi connectivity index (χ2v) is 8.23. The predicted octanol–water partition coefficient (Wildman–Crippen LogP) is 2.32. The number of pyridine rings is 1. The molecule has 3 fully saturated rings. The van der Waals surface area contributed by atoms with E-state index in [2.05, 4.69) is 33.4 Å². The van der Waals surface area contributed by atoms with Crippen molar-refractivity contribution >= 4 is 23.5 Å². The van der Waals surface area contributed by atoms with Crippen molar-refractivity contribution in [3.05, 3.63) is 54.2 Å². The number of carbonyl (C=O) groups is 2. The molecular formula is C22H24N4O3. The molecule has 1 aromatic carbocycles. The van der Waals surface area contributed by atoms with Crippen molar-refractivity contribution in [2.45, 2.75) is 24.9 Å². The minimum absolute atomic E-state index is 0.126. The van der Waals surface area contributed by atoms with E-state index in [4.69, 9.17) is 4.74 Å². The summed E-state index contributed by atoms with van der Waals surface area (Å²) in [5, 5.41) is 2.70. The normalized spacial score (nSPS) is 27.6. The quantitative estimate of drug-likeness (QED) is 0.845. The van der Waals surface area contributed by atoms with Crippen molar-refractivity contribution in [2.24, 2.45) is 5.92 Å². The Morgan fingerprint density at radius 3 is 2.79 bits per heavy atom. The molecule has 3 aliphatic rings. The van der Waals surface area contributed by atoms with Crippen LogP contribution < -0.4 is 15.1 Å². The number of cyclic esters (lactones) is 1. The van der Waals surface area contributed by atoms with Crippen molar-refractivity contribution in [2.75, 3.05) is 36.0 Å². The Kier molecular flexibility index (Phi) is 4.19. The first-order valence-corrected chi connectivity index (χ1v) is 10.0. The second-order valence-electron chi connectivity index (χ2n) is 8.23. The van der Waals surface area contributed by atoms with Crippen LogP contribution in [-0.2, 0) is 14.9 Å². The zero-order valence-electron chi connectivity index (χ0n) is 16.4. The van der Waals surface area contributed by atoms with E-state index in [0.29, 0.717) is 19.0 Å². The summed E-state index contributed by atoms with van der Waals surface area (Å²) in [6, 6.07) is 14.3. The van der Waals surface area contributed by atoms with Gasteiger partial charge in [-0.1, -0.05) is 18.2 Å². The number of ether oxygens (including phenoxy) is 1. The summed E-state index contributed by atoms with van der Waals surface area (Å²) < 4.78 is 5.36. The Morgan fingerprint density at radius 2 is 2.07 bits per heavy atom. The van der Waals surface area contributed by atoms with Gasteiger partial charge in [0.2, 0.25) is 5.91 Å². The highest BCUT2D eigenvalue weighted by Crippen LogP contribution is 2.59. The van der Waals surface area contributed by atoms with Crippen LogP contribution in [0.25, 0.3) is 0 Å². The fourth-order valence-electron chi connectivity index (χ4n) is 4.71. The van der Waals surface area contributed by atoms with Gasteiger partial charge in [-0.05, 0) is 42.2 Å². The summed E-state index contributed by atoms with van der Waals surface area (Å²) in [5.41, 5.74) is 2.36. The third-order valence-electron chi connectivity index (χ3n) is 6.33. The van der Waals surface area contributed by atoms with Gasteiger partial charge in [0.15, 0.2) is 0 Å². The molecule has 1 saturated carbocycles. The molecule has 7 nitrogen and oxygen atoms in total. The molecule has 0 spiro atoms. The molecule has 3 heterocycles. The number of amides is 2. The van der Waals surface area contributed by atoms with Crippen LogP contribution in [0.1, 0.15) is 18.9 Å². The van der Waals surface area contributed by atoms with E-state index < -0.39 is 0 Å². The molecule has 1 aromatic heterocycles. The van der Waals surface area contributed by atoms with Crippen molar-refractivity contribution in [1.82, 2.24) is 10.3 Å². The zero-order valence-corrected chi connectivity index (χ0v) is 16.4.